The third-order valence-electron chi connectivity index (χ3n) is 2.63. The number of aromatic nitrogens is 1. The number of ether oxygens (including phenoxy) is 2. The molecule has 0 aromatic carbocycles. The Morgan fingerprint density at radius 2 is 1.81 bits per heavy atom. The van der Waals surface area contributed by atoms with Gasteiger partial charge in [0.2, 0.25) is 0 Å². The third kappa shape index (κ3) is 2.33. The molecule has 0 radical (unpaired) electrons. The van der Waals surface area contributed by atoms with Crippen molar-refractivity contribution in [1.82, 2.24) is 4.98 Å². The highest BCUT2D eigenvalue weighted by atomic mass is 35.5. The lowest BCUT2D eigenvalue weighted by atomic mass is 10.0. The minimum absolute atomic E-state index is 0.355. The fraction of sp³-hybridized carbons (Fsp3) is 0.545. The highest BCUT2D eigenvalue weighted by Crippen LogP contribution is 2.35. The quantitative estimate of drug-likeness (QED) is 0.765. The predicted octanol–water partition coefficient (Wildman–Crippen LogP) is 3.39. The van der Waals surface area contributed by atoms with Crippen molar-refractivity contribution in [3.8, 4) is 0 Å². The van der Waals surface area contributed by atoms with Crippen LogP contribution in [0.2, 0.25) is 10.3 Å². The Bertz CT molecular complexity index is 358. The summed E-state index contributed by atoms with van der Waals surface area (Å²) in [5.41, 5.74) is 0.833. The molecule has 0 saturated carbocycles. The molecule has 3 nitrogen and oxygen atoms in total. The summed E-state index contributed by atoms with van der Waals surface area (Å²) in [5.74, 6) is -0.714. The van der Waals surface area contributed by atoms with Gasteiger partial charge in [0.15, 0.2) is 5.79 Å². The molecule has 5 heteroatoms. The third-order valence-corrected chi connectivity index (χ3v) is 3.01. The Morgan fingerprint density at radius 3 is 2.31 bits per heavy atom. The molecule has 2 heterocycles. The van der Waals surface area contributed by atoms with E-state index in [9.17, 15) is 0 Å². The van der Waals surface area contributed by atoms with Crippen LogP contribution in [0.4, 0.5) is 0 Å². The highest BCUT2D eigenvalue weighted by Gasteiger charge is 2.35. The molecule has 0 spiro atoms. The Hall–Kier alpha value is -0.350. The van der Waals surface area contributed by atoms with Crippen LogP contribution >= 0.6 is 23.2 Å². The second kappa shape index (κ2) is 4.88. The lowest BCUT2D eigenvalue weighted by molar-refractivity contribution is -0.277. The molecule has 1 aliphatic heterocycles. The van der Waals surface area contributed by atoms with E-state index in [0.717, 1.165) is 12.0 Å². The van der Waals surface area contributed by atoms with Crippen LogP contribution in [0.1, 0.15) is 25.3 Å². The lowest BCUT2D eigenvalue weighted by Gasteiger charge is -2.36. The second-order valence-corrected chi connectivity index (χ2v) is 4.43. The van der Waals surface area contributed by atoms with Crippen molar-refractivity contribution >= 4 is 23.2 Å². The minimum atomic E-state index is -0.714. The van der Waals surface area contributed by atoms with E-state index in [1.165, 1.54) is 0 Å². The zero-order valence-electron chi connectivity index (χ0n) is 9.00. The summed E-state index contributed by atoms with van der Waals surface area (Å²) < 4.78 is 11.5. The van der Waals surface area contributed by atoms with Gasteiger partial charge in [-0.05, 0) is 18.6 Å². The van der Waals surface area contributed by atoms with Gasteiger partial charge in [0.1, 0.15) is 10.3 Å². The Balaban J connectivity index is 2.38. The van der Waals surface area contributed by atoms with Crippen LogP contribution in [0.25, 0.3) is 0 Å². The second-order valence-electron chi connectivity index (χ2n) is 3.66. The minimum Gasteiger partial charge on any atom is -0.346 e. The van der Waals surface area contributed by atoms with Gasteiger partial charge in [-0.1, -0.05) is 30.1 Å². The first-order chi connectivity index (χ1) is 7.66. The maximum atomic E-state index is 5.88. The Morgan fingerprint density at radius 1 is 1.25 bits per heavy atom. The number of hydrogen-bond acceptors (Lipinski definition) is 3. The van der Waals surface area contributed by atoms with Crippen LogP contribution in [0.15, 0.2) is 12.1 Å². The topological polar surface area (TPSA) is 31.4 Å². The fourth-order valence-electron chi connectivity index (χ4n) is 1.83. The summed E-state index contributed by atoms with van der Waals surface area (Å²) >= 11 is 11.8. The molecular formula is C11H13Cl2NO2. The van der Waals surface area contributed by atoms with Crippen LogP contribution in [0.5, 0.6) is 0 Å². The van der Waals surface area contributed by atoms with E-state index in [4.69, 9.17) is 32.7 Å². The van der Waals surface area contributed by atoms with Gasteiger partial charge in [-0.25, -0.2) is 4.98 Å². The van der Waals surface area contributed by atoms with Gasteiger partial charge >= 0.3 is 0 Å². The molecule has 0 bridgehead atoms. The van der Waals surface area contributed by atoms with Crippen LogP contribution < -0.4 is 0 Å². The normalized spacial score (nSPS) is 19.7. The van der Waals surface area contributed by atoms with E-state index >= 15 is 0 Å². The molecule has 1 aromatic heterocycles. The fourth-order valence-corrected chi connectivity index (χ4v) is 2.29. The molecule has 1 aromatic rings. The standard InChI is InChI=1S/C11H13Cl2NO2/c1-2-11(15-4-3-5-16-11)8-6-9(12)14-10(13)7-8/h6-7H,2-5H2,1H3. The van der Waals surface area contributed by atoms with Crippen molar-refractivity contribution in [2.24, 2.45) is 0 Å². The van der Waals surface area contributed by atoms with Gasteiger partial charge in [-0.3, -0.25) is 0 Å². The van der Waals surface area contributed by atoms with Gasteiger partial charge in [-0.15, -0.1) is 0 Å². The molecule has 1 fully saturated rings. The first-order valence-electron chi connectivity index (χ1n) is 5.28. The lowest BCUT2D eigenvalue weighted by Crippen LogP contribution is -2.37. The molecule has 0 unspecified atom stereocenters. The summed E-state index contributed by atoms with van der Waals surface area (Å²) in [6, 6.07) is 3.48. The van der Waals surface area contributed by atoms with Gasteiger partial charge < -0.3 is 9.47 Å². The molecule has 2 rings (SSSR count). The van der Waals surface area contributed by atoms with E-state index in [-0.39, 0.29) is 0 Å². The monoisotopic (exact) mass is 261 g/mol. The van der Waals surface area contributed by atoms with Crippen molar-refractivity contribution in [2.75, 3.05) is 13.2 Å². The molecule has 88 valence electrons. The SMILES string of the molecule is CCC1(c2cc(Cl)nc(Cl)c2)OCCCO1. The number of halogens is 2. The van der Waals surface area contributed by atoms with E-state index < -0.39 is 5.79 Å². The van der Waals surface area contributed by atoms with Gasteiger partial charge in [-0.2, -0.15) is 0 Å². The largest absolute Gasteiger partial charge is 0.346 e. The summed E-state index contributed by atoms with van der Waals surface area (Å²) in [5, 5.41) is 0.709. The summed E-state index contributed by atoms with van der Waals surface area (Å²) in [6.45, 7) is 3.38. The predicted molar refractivity (Wildman–Crippen MR) is 62.7 cm³/mol. The van der Waals surface area contributed by atoms with Crippen LogP contribution in [0, 0.1) is 0 Å². The van der Waals surface area contributed by atoms with Gasteiger partial charge in [0.25, 0.3) is 0 Å². The average molecular weight is 262 g/mol. The van der Waals surface area contributed by atoms with Crippen LogP contribution in [-0.2, 0) is 15.3 Å². The van der Waals surface area contributed by atoms with E-state index in [1.807, 2.05) is 6.92 Å². The van der Waals surface area contributed by atoms with E-state index in [2.05, 4.69) is 4.98 Å². The zero-order valence-corrected chi connectivity index (χ0v) is 10.5. The summed E-state index contributed by atoms with van der Waals surface area (Å²) in [7, 11) is 0. The number of nitrogens with zero attached hydrogens (tertiary/aromatic N) is 1. The molecule has 1 aliphatic rings. The summed E-state index contributed by atoms with van der Waals surface area (Å²) in [4.78, 5) is 3.91. The Kier molecular flexibility index (Phi) is 3.70. The van der Waals surface area contributed by atoms with Crippen molar-refractivity contribution in [1.29, 1.82) is 0 Å². The molecule has 0 amide bonds. The molecule has 1 saturated heterocycles. The highest BCUT2D eigenvalue weighted by molar-refractivity contribution is 6.32. The number of pyridine rings is 1. The first kappa shape index (κ1) is 12.1. The Labute approximate surface area is 105 Å². The van der Waals surface area contributed by atoms with Gasteiger partial charge in [0, 0.05) is 12.0 Å². The molecular weight excluding hydrogens is 249 g/mol. The van der Waals surface area contributed by atoms with Crippen LogP contribution in [0.3, 0.4) is 0 Å². The van der Waals surface area contributed by atoms with E-state index in [1.54, 1.807) is 12.1 Å². The molecule has 0 aliphatic carbocycles. The molecule has 0 atom stereocenters. The van der Waals surface area contributed by atoms with Crippen molar-refractivity contribution in [3.63, 3.8) is 0 Å². The smallest absolute Gasteiger partial charge is 0.194 e. The number of hydrogen-bond donors (Lipinski definition) is 0. The van der Waals surface area contributed by atoms with Crippen molar-refractivity contribution in [2.45, 2.75) is 25.6 Å². The number of rotatable bonds is 2. The zero-order chi connectivity index (χ0) is 11.6. The van der Waals surface area contributed by atoms with E-state index in [0.29, 0.717) is 29.9 Å². The van der Waals surface area contributed by atoms with Crippen molar-refractivity contribution < 1.29 is 9.47 Å². The van der Waals surface area contributed by atoms with Crippen molar-refractivity contribution in [3.05, 3.63) is 28.0 Å². The van der Waals surface area contributed by atoms with Gasteiger partial charge in [0.05, 0.1) is 13.2 Å². The van der Waals surface area contributed by atoms with Crippen LogP contribution in [-0.4, -0.2) is 18.2 Å². The molecule has 0 N–H and O–H groups in total. The average Bonchev–Trinajstić information content (AvgIpc) is 2.28. The first-order valence-corrected chi connectivity index (χ1v) is 6.03. The maximum absolute atomic E-state index is 5.88. The molecule has 16 heavy (non-hydrogen) atoms. The summed E-state index contributed by atoms with van der Waals surface area (Å²) in [6.07, 6.45) is 1.62. The maximum Gasteiger partial charge on any atom is 0.194 e.